The first-order valence-corrected chi connectivity index (χ1v) is 18.3. The van der Waals surface area contributed by atoms with Crippen LogP contribution >= 0.6 is 0 Å². The highest BCUT2D eigenvalue weighted by Crippen LogP contribution is 2.61. The van der Waals surface area contributed by atoms with Gasteiger partial charge in [0.25, 0.3) is 0 Å². The molecule has 0 N–H and O–H groups in total. The molecule has 0 amide bonds. The lowest BCUT2D eigenvalue weighted by Crippen LogP contribution is -2.39. The third-order valence-corrected chi connectivity index (χ3v) is 12.1. The van der Waals surface area contributed by atoms with Gasteiger partial charge in [-0.15, -0.1) is 0 Å². The van der Waals surface area contributed by atoms with Crippen LogP contribution in [0, 0.1) is 0 Å². The number of rotatable bonds is 2. The van der Waals surface area contributed by atoms with Gasteiger partial charge in [-0.2, -0.15) is 0 Å². The minimum absolute atomic E-state index is 0.0127. The van der Waals surface area contributed by atoms with Crippen LogP contribution in [0.3, 0.4) is 0 Å². The van der Waals surface area contributed by atoms with Crippen molar-refractivity contribution in [1.82, 2.24) is 9.97 Å². The summed E-state index contributed by atoms with van der Waals surface area (Å²) in [6, 6.07) is 38.4. The van der Waals surface area contributed by atoms with Crippen LogP contribution in [0.2, 0.25) is 0 Å². The zero-order valence-corrected chi connectivity index (χ0v) is 31.3. The number of pyridine rings is 2. The predicted molar refractivity (Wildman–Crippen MR) is 212 cm³/mol. The number of para-hydroxylation sites is 1. The second-order valence-electron chi connectivity index (χ2n) is 17.3. The fraction of sp³-hybridized carbons (Fsp3) is 0.277. The Balaban J connectivity index is 1.32. The average Bonchev–Trinajstić information content (AvgIpc) is 3.11. The van der Waals surface area contributed by atoms with Crippen molar-refractivity contribution in [1.29, 1.82) is 0 Å². The van der Waals surface area contributed by atoms with Crippen LogP contribution in [0.15, 0.2) is 116 Å². The molecule has 4 nitrogen and oxygen atoms in total. The number of benzene rings is 4. The molecule has 0 atom stereocenters. The molecule has 0 unspecified atom stereocenters. The average molecular weight is 667 g/mol. The molecule has 2 aromatic heterocycles. The van der Waals surface area contributed by atoms with E-state index in [4.69, 9.17) is 9.97 Å². The van der Waals surface area contributed by atoms with Gasteiger partial charge >= 0.3 is 0 Å². The first kappa shape index (κ1) is 31.7. The highest BCUT2D eigenvalue weighted by Gasteiger charge is 2.47. The number of hydrogen-bond donors (Lipinski definition) is 0. The zero-order valence-electron chi connectivity index (χ0n) is 31.3. The van der Waals surface area contributed by atoms with E-state index in [1.807, 2.05) is 18.5 Å². The molecule has 4 aromatic carbocycles. The standard InChI is InChI=1S/C47H46N4/c1-44(2,3)30-26-36-42-37(27-30)47(8,9)35-16-14-24-49-43(35)51(42)41-28-31(20-22-34(41)46(36,6)7)50-39-18-11-10-15-32(39)45(4,5)33-21-19-29(25-40(33)50)38-17-12-13-23-48-38/h10-28H,1-9H3. The van der Waals surface area contributed by atoms with Crippen molar-refractivity contribution in [2.45, 2.75) is 84.0 Å². The summed E-state index contributed by atoms with van der Waals surface area (Å²) in [5.41, 5.74) is 16.7. The highest BCUT2D eigenvalue weighted by molar-refractivity contribution is 5.95. The monoisotopic (exact) mass is 666 g/mol. The summed E-state index contributed by atoms with van der Waals surface area (Å²) in [7, 11) is 0. The van der Waals surface area contributed by atoms with Crippen LogP contribution in [0.25, 0.3) is 11.3 Å². The Labute approximate surface area is 302 Å². The van der Waals surface area contributed by atoms with Crippen molar-refractivity contribution in [3.63, 3.8) is 0 Å². The highest BCUT2D eigenvalue weighted by atomic mass is 15.2. The van der Waals surface area contributed by atoms with Crippen molar-refractivity contribution < 1.29 is 0 Å². The van der Waals surface area contributed by atoms with Crippen LogP contribution in [-0.2, 0) is 21.7 Å². The largest absolute Gasteiger partial charge is 0.310 e. The summed E-state index contributed by atoms with van der Waals surface area (Å²) >= 11 is 0. The van der Waals surface area contributed by atoms with Crippen molar-refractivity contribution in [3.05, 3.63) is 154 Å². The second-order valence-corrected chi connectivity index (χ2v) is 17.3. The van der Waals surface area contributed by atoms with Gasteiger partial charge in [0, 0.05) is 45.5 Å². The van der Waals surface area contributed by atoms with Crippen molar-refractivity contribution in [2.75, 3.05) is 9.80 Å². The Morgan fingerprint density at radius 1 is 0.490 bits per heavy atom. The second kappa shape index (κ2) is 10.4. The first-order chi connectivity index (χ1) is 24.2. The molecule has 0 saturated heterocycles. The van der Waals surface area contributed by atoms with Gasteiger partial charge in [0.05, 0.1) is 28.4 Å². The third-order valence-electron chi connectivity index (χ3n) is 12.1. The molecule has 51 heavy (non-hydrogen) atoms. The molecule has 0 radical (unpaired) electrons. The van der Waals surface area contributed by atoms with Gasteiger partial charge in [-0.3, -0.25) is 9.88 Å². The molecule has 0 saturated carbocycles. The van der Waals surface area contributed by atoms with Crippen LogP contribution in [0.4, 0.5) is 34.3 Å². The van der Waals surface area contributed by atoms with E-state index in [1.165, 1.54) is 61.7 Å². The fourth-order valence-electron chi connectivity index (χ4n) is 9.02. The third kappa shape index (κ3) is 4.38. The maximum atomic E-state index is 5.14. The summed E-state index contributed by atoms with van der Waals surface area (Å²) in [6.45, 7) is 21.2. The maximum absolute atomic E-state index is 5.14. The lowest BCUT2D eigenvalue weighted by Gasteiger charge is -2.50. The van der Waals surface area contributed by atoms with Gasteiger partial charge in [-0.05, 0) is 81.3 Å². The number of nitrogens with zero attached hydrogens (tertiary/aromatic N) is 4. The van der Waals surface area contributed by atoms with E-state index >= 15 is 0 Å². The maximum Gasteiger partial charge on any atom is 0.141 e. The molecular weight excluding hydrogens is 621 g/mol. The molecule has 3 aliphatic rings. The summed E-state index contributed by atoms with van der Waals surface area (Å²) < 4.78 is 0. The molecule has 4 heteroatoms. The van der Waals surface area contributed by atoms with Crippen molar-refractivity contribution >= 4 is 34.3 Å². The molecule has 3 aliphatic heterocycles. The van der Waals surface area contributed by atoms with Crippen LogP contribution in [-0.4, -0.2) is 9.97 Å². The van der Waals surface area contributed by atoms with Crippen molar-refractivity contribution in [2.24, 2.45) is 0 Å². The van der Waals surface area contributed by atoms with E-state index in [0.717, 1.165) is 22.8 Å². The van der Waals surface area contributed by atoms with Crippen molar-refractivity contribution in [3.8, 4) is 11.3 Å². The summed E-state index contributed by atoms with van der Waals surface area (Å²) in [5, 5.41) is 0. The Bertz CT molecular complexity index is 2380. The van der Waals surface area contributed by atoms with E-state index in [-0.39, 0.29) is 21.7 Å². The minimum Gasteiger partial charge on any atom is -0.310 e. The lowest BCUT2D eigenvalue weighted by atomic mass is 9.65. The minimum atomic E-state index is -0.232. The van der Waals surface area contributed by atoms with E-state index in [1.54, 1.807) is 0 Å². The Kier molecular flexibility index (Phi) is 6.48. The molecule has 0 fully saturated rings. The molecule has 0 bridgehead atoms. The van der Waals surface area contributed by atoms with Crippen LogP contribution in [0.5, 0.6) is 0 Å². The summed E-state index contributed by atoms with van der Waals surface area (Å²) in [5.74, 6) is 1.02. The topological polar surface area (TPSA) is 32.3 Å². The summed E-state index contributed by atoms with van der Waals surface area (Å²) in [6.07, 6.45) is 3.82. The Morgan fingerprint density at radius 2 is 1.08 bits per heavy atom. The molecule has 9 rings (SSSR count). The molecular formula is C47H46N4. The fourth-order valence-corrected chi connectivity index (χ4v) is 9.02. The smallest absolute Gasteiger partial charge is 0.141 e. The van der Waals surface area contributed by atoms with Crippen LogP contribution < -0.4 is 9.80 Å². The van der Waals surface area contributed by atoms with Gasteiger partial charge < -0.3 is 4.90 Å². The number of fused-ring (bicyclic) bond motifs is 6. The zero-order chi connectivity index (χ0) is 35.7. The van der Waals surface area contributed by atoms with Gasteiger partial charge in [-0.1, -0.05) is 123 Å². The van der Waals surface area contributed by atoms with E-state index in [9.17, 15) is 0 Å². The SMILES string of the molecule is CC(C)(C)c1cc2c3c(c1)C(C)(C)c1cccnc1N3c1cc(N3c4ccccc4C(C)(C)c4ccc(-c5ccccn5)cc43)ccc1C2(C)C. The molecule has 6 aromatic rings. The summed E-state index contributed by atoms with van der Waals surface area (Å²) in [4.78, 5) is 14.8. The van der Waals surface area contributed by atoms with E-state index < -0.39 is 0 Å². The van der Waals surface area contributed by atoms with Gasteiger partial charge in [0.1, 0.15) is 5.82 Å². The number of hydrogen-bond acceptors (Lipinski definition) is 4. The molecule has 0 spiro atoms. The van der Waals surface area contributed by atoms with E-state index in [2.05, 4.69) is 169 Å². The van der Waals surface area contributed by atoms with Gasteiger partial charge in [0.15, 0.2) is 0 Å². The van der Waals surface area contributed by atoms with Crippen LogP contribution in [0.1, 0.15) is 101 Å². The van der Waals surface area contributed by atoms with Gasteiger partial charge in [0.2, 0.25) is 0 Å². The van der Waals surface area contributed by atoms with E-state index in [0.29, 0.717) is 0 Å². The molecule has 5 heterocycles. The normalized spacial score (nSPS) is 17.1. The lowest BCUT2D eigenvalue weighted by molar-refractivity contribution is 0.562. The van der Waals surface area contributed by atoms with Gasteiger partial charge in [-0.25, -0.2) is 4.98 Å². The Morgan fingerprint density at radius 3 is 1.78 bits per heavy atom. The first-order valence-electron chi connectivity index (χ1n) is 18.3. The molecule has 254 valence electrons. The Hall–Kier alpha value is -5.22. The quantitative estimate of drug-likeness (QED) is 0.184. The number of aromatic nitrogens is 2. The predicted octanol–water partition coefficient (Wildman–Crippen LogP) is 12.3. The molecule has 0 aliphatic carbocycles. The number of anilines is 6.